The first kappa shape index (κ1) is 19.9. The summed E-state index contributed by atoms with van der Waals surface area (Å²) in [4.78, 5) is 10.9. The van der Waals surface area contributed by atoms with Crippen LogP contribution in [0.3, 0.4) is 0 Å². The standard InChI is InChI=1S/C20H24ClN5O3/c21-16-12-15(22)18(20(25-16)29-14-2-7-27-8-3-14)19(23)13-1-4-24-17(11-13)26-5-9-28-10-6-26/h1,4,11-12,14,23H,2-3,5-10H2,(H2,22,25). The van der Waals surface area contributed by atoms with Crippen LogP contribution in [0.2, 0.25) is 5.15 Å². The van der Waals surface area contributed by atoms with Crippen LogP contribution in [0.5, 0.6) is 5.88 Å². The molecule has 8 nitrogen and oxygen atoms in total. The number of ether oxygens (including phenoxy) is 3. The normalized spacial score (nSPS) is 17.9. The molecule has 0 spiro atoms. The lowest BCUT2D eigenvalue weighted by atomic mass is 10.0. The number of nitrogens with zero attached hydrogens (tertiary/aromatic N) is 3. The number of hydrogen-bond acceptors (Lipinski definition) is 8. The van der Waals surface area contributed by atoms with E-state index in [1.165, 1.54) is 0 Å². The lowest BCUT2D eigenvalue weighted by Crippen LogP contribution is -2.36. The summed E-state index contributed by atoms with van der Waals surface area (Å²) in [6.45, 7) is 4.15. The molecule has 4 heterocycles. The predicted octanol–water partition coefficient (Wildman–Crippen LogP) is 2.52. The molecular formula is C20H24ClN5O3. The lowest BCUT2D eigenvalue weighted by molar-refractivity contribution is 0.0237. The third-order valence-electron chi connectivity index (χ3n) is 5.05. The van der Waals surface area contributed by atoms with Crippen molar-refractivity contribution in [1.29, 1.82) is 5.41 Å². The molecule has 2 aromatic heterocycles. The van der Waals surface area contributed by atoms with Crippen LogP contribution < -0.4 is 15.4 Å². The van der Waals surface area contributed by atoms with Crippen molar-refractivity contribution >= 4 is 28.8 Å². The van der Waals surface area contributed by atoms with Gasteiger partial charge in [0.05, 0.1) is 37.7 Å². The van der Waals surface area contributed by atoms with Crippen molar-refractivity contribution in [3.8, 4) is 5.88 Å². The fourth-order valence-electron chi connectivity index (χ4n) is 3.48. The van der Waals surface area contributed by atoms with Gasteiger partial charge in [-0.1, -0.05) is 11.6 Å². The first-order valence-corrected chi connectivity index (χ1v) is 10.1. The van der Waals surface area contributed by atoms with E-state index in [0.29, 0.717) is 43.2 Å². The third-order valence-corrected chi connectivity index (χ3v) is 5.25. The Kier molecular flexibility index (Phi) is 6.13. The zero-order valence-electron chi connectivity index (χ0n) is 16.1. The van der Waals surface area contributed by atoms with Crippen LogP contribution in [0.15, 0.2) is 24.4 Å². The molecule has 9 heteroatoms. The summed E-state index contributed by atoms with van der Waals surface area (Å²) in [5.41, 5.74) is 7.96. The van der Waals surface area contributed by atoms with Crippen LogP contribution in [-0.4, -0.2) is 61.3 Å². The average Bonchev–Trinajstić information content (AvgIpc) is 2.74. The van der Waals surface area contributed by atoms with E-state index in [1.807, 2.05) is 6.07 Å². The van der Waals surface area contributed by atoms with Crippen molar-refractivity contribution in [2.75, 3.05) is 50.2 Å². The number of rotatable bonds is 5. The second-order valence-corrected chi connectivity index (χ2v) is 7.41. The van der Waals surface area contributed by atoms with Crippen LogP contribution >= 0.6 is 11.6 Å². The molecule has 0 bridgehead atoms. The van der Waals surface area contributed by atoms with E-state index in [2.05, 4.69) is 14.9 Å². The molecule has 0 saturated carbocycles. The number of pyridine rings is 2. The Labute approximate surface area is 174 Å². The number of nitrogen functional groups attached to an aromatic ring is 1. The highest BCUT2D eigenvalue weighted by Gasteiger charge is 2.23. The van der Waals surface area contributed by atoms with Crippen molar-refractivity contribution in [3.63, 3.8) is 0 Å². The maximum atomic E-state index is 8.81. The minimum atomic E-state index is -0.0398. The molecule has 154 valence electrons. The molecule has 2 aromatic rings. The number of anilines is 2. The number of morpholine rings is 1. The molecule has 2 aliphatic rings. The molecule has 0 unspecified atom stereocenters. The molecule has 0 atom stereocenters. The molecule has 2 fully saturated rings. The molecule has 0 aromatic carbocycles. The van der Waals surface area contributed by atoms with Gasteiger partial charge in [0.15, 0.2) is 0 Å². The monoisotopic (exact) mass is 417 g/mol. The first-order chi connectivity index (χ1) is 14.1. The maximum absolute atomic E-state index is 8.81. The highest BCUT2D eigenvalue weighted by atomic mass is 35.5. The van der Waals surface area contributed by atoms with Gasteiger partial charge in [-0.25, -0.2) is 9.97 Å². The van der Waals surface area contributed by atoms with Gasteiger partial charge in [0.25, 0.3) is 0 Å². The summed E-state index contributed by atoms with van der Waals surface area (Å²) >= 11 is 6.12. The molecule has 29 heavy (non-hydrogen) atoms. The molecule has 0 aliphatic carbocycles. The van der Waals surface area contributed by atoms with E-state index in [0.717, 1.165) is 31.7 Å². The van der Waals surface area contributed by atoms with E-state index in [4.69, 9.17) is 37.0 Å². The summed E-state index contributed by atoms with van der Waals surface area (Å²) in [7, 11) is 0. The fourth-order valence-corrected chi connectivity index (χ4v) is 3.68. The average molecular weight is 418 g/mol. The first-order valence-electron chi connectivity index (χ1n) is 9.70. The van der Waals surface area contributed by atoms with Crippen molar-refractivity contribution in [2.45, 2.75) is 18.9 Å². The molecule has 3 N–H and O–H groups in total. The topological polar surface area (TPSA) is 107 Å². The molecule has 0 radical (unpaired) electrons. The SMILES string of the molecule is N=C(c1ccnc(N2CCOCC2)c1)c1c(N)cc(Cl)nc1OC1CCOCC1. The molecule has 4 rings (SSSR count). The second-order valence-electron chi connectivity index (χ2n) is 7.02. The van der Waals surface area contributed by atoms with Gasteiger partial charge < -0.3 is 24.8 Å². The van der Waals surface area contributed by atoms with Crippen LogP contribution in [0.1, 0.15) is 24.0 Å². The summed E-state index contributed by atoms with van der Waals surface area (Å²) in [5.74, 6) is 1.10. The zero-order valence-corrected chi connectivity index (χ0v) is 16.8. The van der Waals surface area contributed by atoms with Crippen LogP contribution in [0.25, 0.3) is 0 Å². The maximum Gasteiger partial charge on any atom is 0.226 e. The minimum absolute atomic E-state index is 0.0398. The summed E-state index contributed by atoms with van der Waals surface area (Å²) in [6, 6.07) is 5.23. The van der Waals surface area contributed by atoms with Gasteiger partial charge in [-0.05, 0) is 18.2 Å². The largest absolute Gasteiger partial charge is 0.474 e. The van der Waals surface area contributed by atoms with Crippen LogP contribution in [0, 0.1) is 5.41 Å². The van der Waals surface area contributed by atoms with Crippen molar-refractivity contribution in [3.05, 3.63) is 40.7 Å². The Morgan fingerprint density at radius 3 is 2.66 bits per heavy atom. The highest BCUT2D eigenvalue weighted by molar-refractivity contribution is 6.30. The van der Waals surface area contributed by atoms with E-state index in [9.17, 15) is 0 Å². The van der Waals surface area contributed by atoms with Gasteiger partial charge in [0.2, 0.25) is 5.88 Å². The predicted molar refractivity (Wildman–Crippen MR) is 111 cm³/mol. The number of halogens is 1. The van der Waals surface area contributed by atoms with Crippen molar-refractivity contribution in [2.24, 2.45) is 0 Å². The fraction of sp³-hybridized carbons (Fsp3) is 0.450. The summed E-state index contributed by atoms with van der Waals surface area (Å²) in [6.07, 6.45) is 3.18. The third kappa shape index (κ3) is 4.60. The van der Waals surface area contributed by atoms with E-state index >= 15 is 0 Å². The minimum Gasteiger partial charge on any atom is -0.474 e. The van der Waals surface area contributed by atoms with Gasteiger partial charge in [0.1, 0.15) is 17.1 Å². The van der Waals surface area contributed by atoms with Crippen molar-refractivity contribution in [1.82, 2.24) is 9.97 Å². The van der Waals surface area contributed by atoms with Gasteiger partial charge in [-0.2, -0.15) is 0 Å². The molecule has 2 aliphatic heterocycles. The number of nitrogens with one attached hydrogen (secondary N) is 1. The zero-order chi connectivity index (χ0) is 20.2. The Balaban J connectivity index is 1.64. The van der Waals surface area contributed by atoms with Gasteiger partial charge >= 0.3 is 0 Å². The van der Waals surface area contributed by atoms with Crippen LogP contribution in [0.4, 0.5) is 11.5 Å². The highest BCUT2D eigenvalue weighted by Crippen LogP contribution is 2.31. The Bertz CT molecular complexity index is 882. The van der Waals surface area contributed by atoms with Gasteiger partial charge in [-0.15, -0.1) is 0 Å². The summed E-state index contributed by atoms with van der Waals surface area (Å²) in [5, 5.41) is 9.05. The number of aromatic nitrogens is 2. The van der Waals surface area contributed by atoms with Gasteiger partial charge in [0, 0.05) is 43.4 Å². The van der Waals surface area contributed by atoms with Crippen molar-refractivity contribution < 1.29 is 14.2 Å². The van der Waals surface area contributed by atoms with E-state index in [1.54, 1.807) is 18.3 Å². The number of hydrogen-bond donors (Lipinski definition) is 2. The van der Waals surface area contributed by atoms with E-state index in [-0.39, 0.29) is 22.8 Å². The van der Waals surface area contributed by atoms with E-state index < -0.39 is 0 Å². The lowest BCUT2D eigenvalue weighted by Gasteiger charge is -2.28. The summed E-state index contributed by atoms with van der Waals surface area (Å²) < 4.78 is 16.9. The Morgan fingerprint density at radius 1 is 1.17 bits per heavy atom. The Morgan fingerprint density at radius 2 is 1.90 bits per heavy atom. The molecule has 0 amide bonds. The van der Waals surface area contributed by atoms with Gasteiger partial charge in [-0.3, -0.25) is 5.41 Å². The Hall–Kier alpha value is -2.42. The smallest absolute Gasteiger partial charge is 0.226 e. The number of nitrogens with two attached hydrogens (primary N) is 1. The quantitative estimate of drug-likeness (QED) is 0.568. The molecule has 2 saturated heterocycles. The molecular weight excluding hydrogens is 394 g/mol. The van der Waals surface area contributed by atoms with Crippen LogP contribution in [-0.2, 0) is 9.47 Å². The second kappa shape index (κ2) is 8.94.